The van der Waals surface area contributed by atoms with E-state index in [2.05, 4.69) is 59.9 Å². The summed E-state index contributed by atoms with van der Waals surface area (Å²) in [4.78, 5) is 0. The van der Waals surface area contributed by atoms with Crippen molar-refractivity contribution in [1.29, 1.82) is 0 Å². The lowest BCUT2D eigenvalue weighted by Gasteiger charge is -2.18. The molecule has 0 saturated heterocycles. The van der Waals surface area contributed by atoms with Crippen molar-refractivity contribution < 1.29 is 9.47 Å². The van der Waals surface area contributed by atoms with Gasteiger partial charge in [-0.1, -0.05) is 42.5 Å². The molecule has 0 amide bonds. The molecule has 122 valence electrons. The Morgan fingerprint density at radius 3 is 2.46 bits per heavy atom. The van der Waals surface area contributed by atoms with Gasteiger partial charge in [0, 0.05) is 6.54 Å². The molecule has 1 aliphatic heterocycles. The predicted octanol–water partition coefficient (Wildman–Crippen LogP) is 3.94. The molecular formula is C21H21NO2. The summed E-state index contributed by atoms with van der Waals surface area (Å²) in [5.41, 5.74) is 2.58. The zero-order valence-corrected chi connectivity index (χ0v) is 13.6. The Bertz CT molecular complexity index is 844. The summed E-state index contributed by atoms with van der Waals surface area (Å²) in [6, 6.07) is 21.3. The molecule has 0 fully saturated rings. The van der Waals surface area contributed by atoms with Crippen LogP contribution < -0.4 is 14.8 Å². The molecular weight excluding hydrogens is 298 g/mol. The summed E-state index contributed by atoms with van der Waals surface area (Å²) in [7, 11) is 0. The standard InChI is InChI=1S/C21H21NO2/c1-2-4-19-13-17(5-7-18(19)3-1)15-22-10-9-16-6-8-20-21(14-16)24-12-11-23-20/h1-8,13-14,22H,9-12,15H2. The van der Waals surface area contributed by atoms with Crippen LogP contribution in [0.25, 0.3) is 10.8 Å². The van der Waals surface area contributed by atoms with Crippen molar-refractivity contribution in [1.82, 2.24) is 5.32 Å². The van der Waals surface area contributed by atoms with Gasteiger partial charge < -0.3 is 14.8 Å². The highest BCUT2D eigenvalue weighted by molar-refractivity contribution is 5.82. The highest BCUT2D eigenvalue weighted by atomic mass is 16.6. The van der Waals surface area contributed by atoms with E-state index in [9.17, 15) is 0 Å². The molecule has 3 aromatic carbocycles. The van der Waals surface area contributed by atoms with Gasteiger partial charge in [-0.15, -0.1) is 0 Å². The van der Waals surface area contributed by atoms with Crippen LogP contribution in [0.4, 0.5) is 0 Å². The molecule has 3 heteroatoms. The Hall–Kier alpha value is -2.52. The van der Waals surface area contributed by atoms with Crippen LogP contribution in [0, 0.1) is 0 Å². The zero-order valence-electron chi connectivity index (χ0n) is 13.6. The van der Waals surface area contributed by atoms with Crippen molar-refractivity contribution in [3.05, 3.63) is 71.8 Å². The molecule has 0 unspecified atom stereocenters. The summed E-state index contributed by atoms with van der Waals surface area (Å²) in [6.45, 7) is 3.10. The molecule has 0 bridgehead atoms. The zero-order chi connectivity index (χ0) is 16.2. The van der Waals surface area contributed by atoms with Crippen molar-refractivity contribution in [2.45, 2.75) is 13.0 Å². The van der Waals surface area contributed by atoms with Gasteiger partial charge in [-0.2, -0.15) is 0 Å². The third kappa shape index (κ3) is 3.36. The SMILES string of the molecule is c1ccc2cc(CNCCc3ccc4c(c3)OCCO4)ccc2c1. The highest BCUT2D eigenvalue weighted by Gasteiger charge is 2.11. The second-order valence-corrected chi connectivity index (χ2v) is 6.09. The van der Waals surface area contributed by atoms with Crippen LogP contribution in [0.5, 0.6) is 11.5 Å². The normalized spacial score (nSPS) is 13.2. The largest absolute Gasteiger partial charge is 0.486 e. The molecule has 1 N–H and O–H groups in total. The van der Waals surface area contributed by atoms with Crippen LogP contribution in [0.2, 0.25) is 0 Å². The van der Waals surface area contributed by atoms with Crippen molar-refractivity contribution >= 4 is 10.8 Å². The van der Waals surface area contributed by atoms with E-state index in [1.165, 1.54) is 21.9 Å². The quantitative estimate of drug-likeness (QED) is 0.723. The van der Waals surface area contributed by atoms with Gasteiger partial charge in [0.05, 0.1) is 0 Å². The number of hydrogen-bond acceptors (Lipinski definition) is 3. The summed E-state index contributed by atoms with van der Waals surface area (Å²) in [6.07, 6.45) is 0.976. The first-order valence-electron chi connectivity index (χ1n) is 8.45. The highest BCUT2D eigenvalue weighted by Crippen LogP contribution is 2.30. The molecule has 0 aromatic heterocycles. The minimum absolute atomic E-state index is 0.636. The topological polar surface area (TPSA) is 30.5 Å². The van der Waals surface area contributed by atoms with E-state index >= 15 is 0 Å². The number of fused-ring (bicyclic) bond motifs is 2. The van der Waals surface area contributed by atoms with Gasteiger partial charge in [0.15, 0.2) is 11.5 Å². The van der Waals surface area contributed by atoms with Crippen LogP contribution in [0.15, 0.2) is 60.7 Å². The fourth-order valence-electron chi connectivity index (χ4n) is 3.06. The Morgan fingerprint density at radius 1 is 0.750 bits per heavy atom. The maximum Gasteiger partial charge on any atom is 0.161 e. The maximum atomic E-state index is 5.64. The Balaban J connectivity index is 1.32. The fraction of sp³-hybridized carbons (Fsp3) is 0.238. The monoisotopic (exact) mass is 319 g/mol. The minimum atomic E-state index is 0.636. The first-order valence-corrected chi connectivity index (χ1v) is 8.45. The van der Waals surface area contributed by atoms with Crippen LogP contribution in [-0.4, -0.2) is 19.8 Å². The molecule has 0 aliphatic carbocycles. The van der Waals surface area contributed by atoms with E-state index < -0.39 is 0 Å². The number of ether oxygens (including phenoxy) is 2. The summed E-state index contributed by atoms with van der Waals surface area (Å²) < 4.78 is 11.2. The molecule has 24 heavy (non-hydrogen) atoms. The summed E-state index contributed by atoms with van der Waals surface area (Å²) in [5, 5.41) is 6.11. The molecule has 3 aromatic rings. The van der Waals surface area contributed by atoms with Gasteiger partial charge in [0.1, 0.15) is 13.2 Å². The van der Waals surface area contributed by atoms with Crippen molar-refractivity contribution in [3.63, 3.8) is 0 Å². The van der Waals surface area contributed by atoms with E-state index in [1.807, 2.05) is 6.07 Å². The average molecular weight is 319 g/mol. The third-order valence-electron chi connectivity index (χ3n) is 4.34. The van der Waals surface area contributed by atoms with Gasteiger partial charge >= 0.3 is 0 Å². The van der Waals surface area contributed by atoms with E-state index in [-0.39, 0.29) is 0 Å². The van der Waals surface area contributed by atoms with Crippen LogP contribution in [0.3, 0.4) is 0 Å². The van der Waals surface area contributed by atoms with E-state index in [0.717, 1.165) is 31.0 Å². The molecule has 0 saturated carbocycles. The number of rotatable bonds is 5. The smallest absolute Gasteiger partial charge is 0.161 e. The Kier molecular flexibility index (Phi) is 4.34. The van der Waals surface area contributed by atoms with Crippen LogP contribution in [-0.2, 0) is 13.0 Å². The van der Waals surface area contributed by atoms with Crippen molar-refractivity contribution in [3.8, 4) is 11.5 Å². The molecule has 4 rings (SSSR count). The van der Waals surface area contributed by atoms with Gasteiger partial charge in [0.2, 0.25) is 0 Å². The van der Waals surface area contributed by atoms with Gasteiger partial charge in [0.25, 0.3) is 0 Å². The number of nitrogens with one attached hydrogen (secondary N) is 1. The third-order valence-corrected chi connectivity index (χ3v) is 4.34. The van der Waals surface area contributed by atoms with Gasteiger partial charge in [-0.25, -0.2) is 0 Å². The first-order chi connectivity index (χ1) is 11.9. The van der Waals surface area contributed by atoms with Crippen LogP contribution >= 0.6 is 0 Å². The molecule has 0 atom stereocenters. The lowest BCUT2D eigenvalue weighted by molar-refractivity contribution is 0.171. The van der Waals surface area contributed by atoms with Crippen molar-refractivity contribution in [2.75, 3.05) is 19.8 Å². The van der Waals surface area contributed by atoms with E-state index in [0.29, 0.717) is 13.2 Å². The second kappa shape index (κ2) is 6.93. The Morgan fingerprint density at radius 2 is 1.54 bits per heavy atom. The lowest BCUT2D eigenvalue weighted by Crippen LogP contribution is -2.17. The molecule has 1 heterocycles. The van der Waals surface area contributed by atoms with Gasteiger partial charge in [-0.3, -0.25) is 0 Å². The summed E-state index contributed by atoms with van der Waals surface area (Å²) in [5.74, 6) is 1.72. The molecule has 0 radical (unpaired) electrons. The number of hydrogen-bond donors (Lipinski definition) is 1. The average Bonchev–Trinajstić information content (AvgIpc) is 2.65. The number of benzene rings is 3. The maximum absolute atomic E-state index is 5.64. The Labute approximate surface area is 142 Å². The van der Waals surface area contributed by atoms with E-state index in [1.54, 1.807) is 0 Å². The van der Waals surface area contributed by atoms with E-state index in [4.69, 9.17) is 9.47 Å². The lowest BCUT2D eigenvalue weighted by atomic mass is 10.1. The predicted molar refractivity (Wildman–Crippen MR) is 96.8 cm³/mol. The summed E-state index contributed by atoms with van der Waals surface area (Å²) >= 11 is 0. The fourth-order valence-corrected chi connectivity index (χ4v) is 3.06. The molecule has 1 aliphatic rings. The minimum Gasteiger partial charge on any atom is -0.486 e. The van der Waals surface area contributed by atoms with Gasteiger partial charge in [-0.05, 0) is 53.1 Å². The second-order valence-electron chi connectivity index (χ2n) is 6.09. The molecule has 3 nitrogen and oxygen atoms in total. The first kappa shape index (κ1) is 15.0. The molecule has 0 spiro atoms. The van der Waals surface area contributed by atoms with Crippen LogP contribution in [0.1, 0.15) is 11.1 Å². The van der Waals surface area contributed by atoms with Crippen molar-refractivity contribution in [2.24, 2.45) is 0 Å².